The highest BCUT2D eigenvalue weighted by Crippen LogP contribution is 2.31. The average Bonchev–Trinajstić information content (AvgIpc) is 2.14. The highest BCUT2D eigenvalue weighted by molar-refractivity contribution is 6.31. The molecule has 1 aromatic carbocycles. The van der Waals surface area contributed by atoms with E-state index in [1.54, 1.807) is 0 Å². The highest BCUT2D eigenvalue weighted by atomic mass is 35.5. The minimum Gasteiger partial charge on any atom is -0.307 e. The van der Waals surface area contributed by atoms with Crippen molar-refractivity contribution in [3.8, 4) is 0 Å². The normalized spacial score (nSPS) is 18.6. The summed E-state index contributed by atoms with van der Waals surface area (Å²) in [6.07, 6.45) is 3.93. The first kappa shape index (κ1) is 11.0. The summed E-state index contributed by atoms with van der Waals surface area (Å²) in [6.45, 7) is 5.24. The van der Waals surface area contributed by atoms with Crippen LogP contribution < -0.4 is 5.32 Å². The van der Waals surface area contributed by atoms with Gasteiger partial charge in [-0.25, -0.2) is 0 Å². The van der Waals surface area contributed by atoms with Gasteiger partial charge in [-0.15, -0.1) is 0 Å². The number of rotatable bonds is 3. The van der Waals surface area contributed by atoms with Gasteiger partial charge in [0.15, 0.2) is 0 Å². The molecule has 0 spiro atoms. The fraction of sp³-hybridized carbons (Fsp3) is 0.538. The number of hydrogen-bond acceptors (Lipinski definition) is 1. The van der Waals surface area contributed by atoms with Gasteiger partial charge in [-0.1, -0.05) is 23.7 Å². The van der Waals surface area contributed by atoms with Gasteiger partial charge in [-0.2, -0.15) is 0 Å². The van der Waals surface area contributed by atoms with Crippen LogP contribution in [-0.2, 0) is 6.54 Å². The van der Waals surface area contributed by atoms with Crippen molar-refractivity contribution >= 4 is 11.6 Å². The van der Waals surface area contributed by atoms with E-state index in [4.69, 9.17) is 11.6 Å². The molecular weight excluding hydrogens is 206 g/mol. The Kier molecular flexibility index (Phi) is 3.03. The van der Waals surface area contributed by atoms with Crippen molar-refractivity contribution in [2.75, 3.05) is 0 Å². The Morgan fingerprint density at radius 3 is 2.67 bits per heavy atom. The summed E-state index contributed by atoms with van der Waals surface area (Å²) in [4.78, 5) is 0. The molecule has 0 aromatic heterocycles. The van der Waals surface area contributed by atoms with E-state index >= 15 is 0 Å². The smallest absolute Gasteiger partial charge is 0.0453 e. The molecule has 1 aliphatic rings. The molecule has 1 aliphatic carbocycles. The number of benzene rings is 1. The Morgan fingerprint density at radius 2 is 2.13 bits per heavy atom. The first-order chi connectivity index (χ1) is 7.09. The van der Waals surface area contributed by atoms with E-state index in [-0.39, 0.29) is 0 Å². The third-order valence-corrected chi connectivity index (χ3v) is 3.72. The summed E-state index contributed by atoms with van der Waals surface area (Å²) >= 11 is 6.18. The maximum atomic E-state index is 6.18. The van der Waals surface area contributed by atoms with E-state index in [1.165, 1.54) is 30.4 Å². The lowest BCUT2D eigenvalue weighted by Crippen LogP contribution is -2.47. The van der Waals surface area contributed by atoms with Crippen LogP contribution in [0.5, 0.6) is 0 Å². The SMILES string of the molecule is Cc1ccc(CNC2(C)CCC2)c(Cl)c1. The lowest BCUT2D eigenvalue weighted by atomic mass is 9.78. The Labute approximate surface area is 96.8 Å². The molecular formula is C13H18ClN. The van der Waals surface area contributed by atoms with Crippen LogP contribution in [0.2, 0.25) is 5.02 Å². The molecule has 0 aliphatic heterocycles. The van der Waals surface area contributed by atoms with E-state index in [1.807, 2.05) is 6.07 Å². The van der Waals surface area contributed by atoms with Gasteiger partial charge in [0, 0.05) is 17.1 Å². The zero-order valence-electron chi connectivity index (χ0n) is 9.44. The number of hydrogen-bond donors (Lipinski definition) is 1. The van der Waals surface area contributed by atoms with Gasteiger partial charge in [0.25, 0.3) is 0 Å². The zero-order chi connectivity index (χ0) is 10.9. The molecule has 2 heteroatoms. The van der Waals surface area contributed by atoms with E-state index in [0.29, 0.717) is 5.54 Å². The molecule has 15 heavy (non-hydrogen) atoms. The van der Waals surface area contributed by atoms with Gasteiger partial charge in [0.05, 0.1) is 0 Å². The summed E-state index contributed by atoms with van der Waals surface area (Å²) < 4.78 is 0. The fourth-order valence-electron chi connectivity index (χ4n) is 1.99. The number of nitrogens with one attached hydrogen (secondary N) is 1. The summed E-state index contributed by atoms with van der Waals surface area (Å²) in [7, 11) is 0. The molecule has 0 radical (unpaired) electrons. The summed E-state index contributed by atoms with van der Waals surface area (Å²) in [5.41, 5.74) is 2.78. The minimum absolute atomic E-state index is 0.355. The van der Waals surface area contributed by atoms with Crippen LogP contribution in [0.15, 0.2) is 18.2 Å². The number of aryl methyl sites for hydroxylation is 1. The Hall–Kier alpha value is -0.530. The van der Waals surface area contributed by atoms with Gasteiger partial charge in [-0.05, 0) is 50.3 Å². The van der Waals surface area contributed by atoms with Crippen molar-refractivity contribution < 1.29 is 0 Å². The molecule has 1 nitrogen and oxygen atoms in total. The highest BCUT2D eigenvalue weighted by Gasteiger charge is 2.30. The van der Waals surface area contributed by atoms with Crippen molar-refractivity contribution in [1.29, 1.82) is 0 Å². The predicted octanol–water partition coefficient (Wildman–Crippen LogP) is 3.68. The lowest BCUT2D eigenvalue weighted by molar-refractivity contribution is 0.207. The minimum atomic E-state index is 0.355. The molecule has 1 fully saturated rings. The topological polar surface area (TPSA) is 12.0 Å². The maximum Gasteiger partial charge on any atom is 0.0453 e. The molecule has 1 N–H and O–H groups in total. The van der Waals surface area contributed by atoms with Crippen LogP contribution in [0, 0.1) is 6.92 Å². The predicted molar refractivity (Wildman–Crippen MR) is 65.3 cm³/mol. The van der Waals surface area contributed by atoms with E-state index < -0.39 is 0 Å². The van der Waals surface area contributed by atoms with Gasteiger partial charge < -0.3 is 5.32 Å². The maximum absolute atomic E-state index is 6.18. The molecule has 0 amide bonds. The van der Waals surface area contributed by atoms with Crippen LogP contribution >= 0.6 is 11.6 Å². The molecule has 0 bridgehead atoms. The molecule has 0 heterocycles. The first-order valence-electron chi connectivity index (χ1n) is 5.59. The second-order valence-electron chi connectivity index (χ2n) is 4.86. The van der Waals surface area contributed by atoms with Gasteiger partial charge >= 0.3 is 0 Å². The van der Waals surface area contributed by atoms with Crippen LogP contribution in [0.4, 0.5) is 0 Å². The van der Waals surface area contributed by atoms with Crippen LogP contribution in [0.25, 0.3) is 0 Å². The average molecular weight is 224 g/mol. The molecule has 82 valence electrons. The molecule has 0 atom stereocenters. The summed E-state index contributed by atoms with van der Waals surface area (Å²) in [5.74, 6) is 0. The van der Waals surface area contributed by atoms with E-state index in [0.717, 1.165) is 11.6 Å². The van der Waals surface area contributed by atoms with E-state index in [9.17, 15) is 0 Å². The van der Waals surface area contributed by atoms with Gasteiger partial charge in [0.1, 0.15) is 0 Å². The Bertz CT molecular complexity index is 356. The summed E-state index contributed by atoms with van der Waals surface area (Å²) in [6, 6.07) is 6.26. The van der Waals surface area contributed by atoms with Crippen molar-refractivity contribution in [2.24, 2.45) is 0 Å². The van der Waals surface area contributed by atoms with Crippen molar-refractivity contribution in [1.82, 2.24) is 5.32 Å². The third-order valence-electron chi connectivity index (χ3n) is 3.37. The largest absolute Gasteiger partial charge is 0.307 e. The van der Waals surface area contributed by atoms with E-state index in [2.05, 4.69) is 31.3 Å². The van der Waals surface area contributed by atoms with Gasteiger partial charge in [0.2, 0.25) is 0 Å². The van der Waals surface area contributed by atoms with Crippen molar-refractivity contribution in [2.45, 2.75) is 45.2 Å². The van der Waals surface area contributed by atoms with Crippen LogP contribution in [0.3, 0.4) is 0 Å². The molecule has 0 unspecified atom stereocenters. The first-order valence-corrected chi connectivity index (χ1v) is 5.97. The fourth-order valence-corrected chi connectivity index (χ4v) is 2.29. The quantitative estimate of drug-likeness (QED) is 0.825. The molecule has 1 aromatic rings. The Balaban J connectivity index is 1.98. The zero-order valence-corrected chi connectivity index (χ0v) is 10.2. The second kappa shape index (κ2) is 4.15. The molecule has 1 saturated carbocycles. The molecule has 2 rings (SSSR count). The Morgan fingerprint density at radius 1 is 1.40 bits per heavy atom. The standard InChI is InChI=1S/C13H18ClN/c1-10-4-5-11(12(14)8-10)9-15-13(2)6-3-7-13/h4-5,8,15H,3,6-7,9H2,1-2H3. The van der Waals surface area contributed by atoms with Crippen LogP contribution in [0.1, 0.15) is 37.3 Å². The molecule has 0 saturated heterocycles. The summed E-state index contributed by atoms with van der Waals surface area (Å²) in [5, 5.41) is 4.47. The third kappa shape index (κ3) is 2.53. The van der Waals surface area contributed by atoms with Crippen molar-refractivity contribution in [3.63, 3.8) is 0 Å². The van der Waals surface area contributed by atoms with Gasteiger partial charge in [-0.3, -0.25) is 0 Å². The monoisotopic (exact) mass is 223 g/mol. The number of halogens is 1. The second-order valence-corrected chi connectivity index (χ2v) is 5.27. The van der Waals surface area contributed by atoms with Crippen LogP contribution in [-0.4, -0.2) is 5.54 Å². The van der Waals surface area contributed by atoms with Crippen molar-refractivity contribution in [3.05, 3.63) is 34.3 Å². The lowest BCUT2D eigenvalue weighted by Gasteiger charge is -2.39.